The Hall–Kier alpha value is -0.960. The Kier molecular flexibility index (Phi) is 2.27. The van der Waals surface area contributed by atoms with Gasteiger partial charge in [-0.25, -0.2) is 9.97 Å². The van der Waals surface area contributed by atoms with Gasteiger partial charge in [0.2, 0.25) is 0 Å². The molecule has 13 heavy (non-hydrogen) atoms. The van der Waals surface area contributed by atoms with Gasteiger partial charge in [-0.2, -0.15) is 7.05 Å². The monoisotopic (exact) mass is 177 g/mol. The van der Waals surface area contributed by atoms with E-state index in [4.69, 9.17) is 0 Å². The SMILES string of the molecule is [CH2-][NH+]1CCCC1c1ccnc(C)n1. The van der Waals surface area contributed by atoms with Crippen LogP contribution in [0, 0.1) is 14.0 Å². The molecule has 1 aliphatic heterocycles. The third-order valence-electron chi connectivity index (χ3n) is 2.64. The number of rotatable bonds is 1. The van der Waals surface area contributed by atoms with Crippen LogP contribution in [-0.2, 0) is 0 Å². The van der Waals surface area contributed by atoms with E-state index in [1.807, 2.05) is 19.2 Å². The first-order valence-corrected chi connectivity index (χ1v) is 4.74. The highest BCUT2D eigenvalue weighted by atomic mass is 15.2. The lowest BCUT2D eigenvalue weighted by atomic mass is 10.1. The Morgan fingerprint density at radius 2 is 2.46 bits per heavy atom. The third-order valence-corrected chi connectivity index (χ3v) is 2.64. The molecule has 3 nitrogen and oxygen atoms in total. The molecule has 1 aromatic heterocycles. The van der Waals surface area contributed by atoms with E-state index in [-0.39, 0.29) is 0 Å². The zero-order valence-corrected chi connectivity index (χ0v) is 7.95. The fourth-order valence-electron chi connectivity index (χ4n) is 1.94. The van der Waals surface area contributed by atoms with E-state index < -0.39 is 0 Å². The maximum Gasteiger partial charge on any atom is 0.125 e. The highest BCUT2D eigenvalue weighted by molar-refractivity contribution is 5.05. The number of aryl methyl sites for hydroxylation is 1. The van der Waals surface area contributed by atoms with Crippen LogP contribution >= 0.6 is 0 Å². The largest absolute Gasteiger partial charge is 0.460 e. The molecule has 0 aromatic carbocycles. The molecule has 70 valence electrons. The van der Waals surface area contributed by atoms with Crippen molar-refractivity contribution in [3.63, 3.8) is 0 Å². The lowest BCUT2D eigenvalue weighted by molar-refractivity contribution is -0.873. The topological polar surface area (TPSA) is 30.2 Å². The number of nitrogens with one attached hydrogen (secondary N) is 1. The summed E-state index contributed by atoms with van der Waals surface area (Å²) in [6.45, 7) is 3.09. The summed E-state index contributed by atoms with van der Waals surface area (Å²) in [7, 11) is 4.08. The second-order valence-electron chi connectivity index (χ2n) is 3.63. The number of hydrogen-bond donors (Lipinski definition) is 1. The lowest BCUT2D eigenvalue weighted by Crippen LogP contribution is -3.04. The normalized spacial score (nSPS) is 27.8. The Morgan fingerprint density at radius 3 is 3.08 bits per heavy atom. The van der Waals surface area contributed by atoms with Crippen molar-refractivity contribution in [2.45, 2.75) is 25.8 Å². The van der Waals surface area contributed by atoms with E-state index in [2.05, 4.69) is 17.0 Å². The highest BCUT2D eigenvalue weighted by Gasteiger charge is 2.24. The highest BCUT2D eigenvalue weighted by Crippen LogP contribution is 2.16. The minimum absolute atomic E-state index is 0.488. The Balaban J connectivity index is 2.24. The molecule has 0 spiro atoms. The summed E-state index contributed by atoms with van der Waals surface area (Å²) in [6, 6.07) is 2.50. The Labute approximate surface area is 78.8 Å². The van der Waals surface area contributed by atoms with Crippen molar-refractivity contribution in [1.82, 2.24) is 9.97 Å². The zero-order valence-electron chi connectivity index (χ0n) is 7.95. The molecule has 0 bridgehead atoms. The van der Waals surface area contributed by atoms with Crippen molar-refractivity contribution in [3.05, 3.63) is 30.8 Å². The summed E-state index contributed by atoms with van der Waals surface area (Å²) in [5, 5.41) is 0. The number of likely N-dealkylation sites (tertiary alicyclic amines) is 1. The summed E-state index contributed by atoms with van der Waals surface area (Å²) in [5.41, 5.74) is 1.15. The quantitative estimate of drug-likeness (QED) is 0.625. The van der Waals surface area contributed by atoms with Gasteiger partial charge in [-0.1, -0.05) is 0 Å². The third kappa shape index (κ3) is 1.70. The van der Waals surface area contributed by atoms with Crippen LogP contribution in [0.25, 0.3) is 0 Å². The summed E-state index contributed by atoms with van der Waals surface area (Å²) in [4.78, 5) is 9.86. The molecule has 2 rings (SSSR count). The van der Waals surface area contributed by atoms with Crippen LogP contribution in [0.4, 0.5) is 0 Å². The first kappa shape index (κ1) is 8.63. The van der Waals surface area contributed by atoms with E-state index in [9.17, 15) is 0 Å². The standard InChI is InChI=1S/C10H15N3/c1-8-11-6-5-9(12-8)10-4-3-7-13(10)2/h5-6,10,13H,2-4,7H2,1H3. The van der Waals surface area contributed by atoms with Crippen LogP contribution in [0.3, 0.4) is 0 Å². The summed E-state index contributed by atoms with van der Waals surface area (Å²) < 4.78 is 0. The molecule has 0 saturated carbocycles. The number of aromatic nitrogens is 2. The van der Waals surface area contributed by atoms with E-state index in [1.54, 1.807) is 0 Å². The van der Waals surface area contributed by atoms with Gasteiger partial charge in [0.25, 0.3) is 0 Å². The molecule has 1 saturated heterocycles. The van der Waals surface area contributed by atoms with Crippen LogP contribution in [0.15, 0.2) is 12.3 Å². The molecule has 3 heteroatoms. The Bertz CT molecular complexity index is 298. The summed E-state index contributed by atoms with van der Waals surface area (Å²) in [6.07, 6.45) is 4.30. The zero-order chi connectivity index (χ0) is 9.26. The maximum atomic E-state index is 4.43. The van der Waals surface area contributed by atoms with E-state index >= 15 is 0 Å². The summed E-state index contributed by atoms with van der Waals surface area (Å²) >= 11 is 0. The van der Waals surface area contributed by atoms with Crippen LogP contribution in [0.5, 0.6) is 0 Å². The molecule has 1 aliphatic rings. The van der Waals surface area contributed by atoms with Crippen molar-refractivity contribution >= 4 is 0 Å². The molecule has 1 fully saturated rings. The molecule has 2 unspecified atom stereocenters. The van der Waals surface area contributed by atoms with Crippen molar-refractivity contribution in [2.24, 2.45) is 0 Å². The van der Waals surface area contributed by atoms with E-state index in [0.717, 1.165) is 18.1 Å². The van der Waals surface area contributed by atoms with Crippen molar-refractivity contribution in [1.29, 1.82) is 0 Å². The van der Waals surface area contributed by atoms with Gasteiger partial charge in [0.15, 0.2) is 0 Å². The predicted molar refractivity (Wildman–Crippen MR) is 49.9 cm³/mol. The average molecular weight is 177 g/mol. The fraction of sp³-hybridized carbons (Fsp3) is 0.500. The van der Waals surface area contributed by atoms with Crippen LogP contribution in [0.1, 0.15) is 30.4 Å². The van der Waals surface area contributed by atoms with Gasteiger partial charge in [-0.05, 0) is 13.0 Å². The minimum Gasteiger partial charge on any atom is -0.460 e. The molecule has 2 atom stereocenters. The number of quaternary nitrogens is 1. The van der Waals surface area contributed by atoms with Crippen molar-refractivity contribution in [3.8, 4) is 0 Å². The molecule has 0 radical (unpaired) electrons. The van der Waals surface area contributed by atoms with Crippen LogP contribution in [-0.4, -0.2) is 16.5 Å². The maximum absolute atomic E-state index is 4.43. The molecular formula is C10H15N3. The smallest absolute Gasteiger partial charge is 0.125 e. The van der Waals surface area contributed by atoms with Crippen molar-refractivity contribution < 1.29 is 4.90 Å². The second-order valence-corrected chi connectivity index (χ2v) is 3.63. The first-order valence-electron chi connectivity index (χ1n) is 4.74. The minimum atomic E-state index is 0.488. The Morgan fingerprint density at radius 1 is 1.62 bits per heavy atom. The van der Waals surface area contributed by atoms with E-state index in [1.165, 1.54) is 17.7 Å². The summed E-state index contributed by atoms with van der Waals surface area (Å²) in [5.74, 6) is 0.859. The van der Waals surface area contributed by atoms with Gasteiger partial charge in [-0.3, -0.25) is 0 Å². The van der Waals surface area contributed by atoms with Gasteiger partial charge in [0, 0.05) is 19.0 Å². The molecule has 1 aromatic rings. The van der Waals surface area contributed by atoms with Crippen LogP contribution in [0.2, 0.25) is 0 Å². The lowest BCUT2D eigenvalue weighted by Gasteiger charge is -2.22. The molecule has 1 N–H and O–H groups in total. The molecular weight excluding hydrogens is 162 g/mol. The van der Waals surface area contributed by atoms with Crippen molar-refractivity contribution in [2.75, 3.05) is 6.54 Å². The predicted octanol–water partition coefficient (Wildman–Crippen LogP) is 0.296. The molecule has 0 amide bonds. The first-order chi connectivity index (χ1) is 6.27. The molecule has 2 heterocycles. The number of hydrogen-bond acceptors (Lipinski definition) is 2. The van der Waals surface area contributed by atoms with Gasteiger partial charge < -0.3 is 4.90 Å². The fourth-order valence-corrected chi connectivity index (χ4v) is 1.94. The van der Waals surface area contributed by atoms with E-state index in [0.29, 0.717) is 6.04 Å². The average Bonchev–Trinajstić information content (AvgIpc) is 2.51. The second kappa shape index (κ2) is 3.42. The molecule has 0 aliphatic carbocycles. The van der Waals surface area contributed by atoms with Gasteiger partial charge in [0.05, 0.1) is 12.2 Å². The van der Waals surface area contributed by atoms with Gasteiger partial charge in [0.1, 0.15) is 11.9 Å². The van der Waals surface area contributed by atoms with Crippen LogP contribution < -0.4 is 4.90 Å². The van der Waals surface area contributed by atoms with Gasteiger partial charge >= 0.3 is 0 Å². The van der Waals surface area contributed by atoms with Gasteiger partial charge in [-0.15, -0.1) is 0 Å². The number of nitrogens with zero attached hydrogens (tertiary/aromatic N) is 2.